The van der Waals surface area contributed by atoms with Crippen LogP contribution < -0.4 is 0 Å². The minimum absolute atomic E-state index is 0.128. The molecule has 3 N–H and O–H groups in total. The molecule has 38 heavy (non-hydrogen) atoms. The van der Waals surface area contributed by atoms with Gasteiger partial charge in [0.1, 0.15) is 17.2 Å². The van der Waals surface area contributed by atoms with Crippen molar-refractivity contribution in [1.82, 2.24) is 0 Å². The molecule has 3 aromatic rings. The summed E-state index contributed by atoms with van der Waals surface area (Å²) >= 11 is 0. The number of hydrogen-bond donors (Lipinski definition) is 3. The highest BCUT2D eigenvalue weighted by Crippen LogP contribution is 2.35. The normalized spacial score (nSPS) is 15.5. The van der Waals surface area contributed by atoms with E-state index in [4.69, 9.17) is 14.2 Å². The summed E-state index contributed by atoms with van der Waals surface area (Å²) in [6, 6.07) is 13.4. The first-order valence-corrected chi connectivity index (χ1v) is 13.1. The van der Waals surface area contributed by atoms with E-state index in [1.165, 1.54) is 0 Å². The second-order valence-corrected chi connectivity index (χ2v) is 12.2. The van der Waals surface area contributed by atoms with Crippen LogP contribution >= 0.6 is 0 Å². The number of rotatable bonds is 0. The molecular formula is C32H40O6. The lowest BCUT2D eigenvalue weighted by atomic mass is 9.84. The van der Waals surface area contributed by atoms with Crippen LogP contribution in [0, 0.1) is 0 Å². The Bertz CT molecular complexity index is 1200. The summed E-state index contributed by atoms with van der Waals surface area (Å²) in [6.45, 7) is 13.8. The zero-order valence-corrected chi connectivity index (χ0v) is 23.4. The second-order valence-electron chi connectivity index (χ2n) is 12.2. The number of ether oxygens (including phenoxy) is 3. The van der Waals surface area contributed by atoms with Crippen molar-refractivity contribution in [2.24, 2.45) is 0 Å². The quantitative estimate of drug-likeness (QED) is 0.300. The summed E-state index contributed by atoms with van der Waals surface area (Å²) in [5.74, 6) is 0.404. The predicted octanol–water partition coefficient (Wildman–Crippen LogP) is 6.86. The van der Waals surface area contributed by atoms with Crippen LogP contribution in [0.5, 0.6) is 17.2 Å². The van der Waals surface area contributed by atoms with E-state index in [-0.39, 0.29) is 67.7 Å². The Labute approximate surface area is 225 Å². The number of hydrogen-bond acceptors (Lipinski definition) is 6. The van der Waals surface area contributed by atoms with Crippen molar-refractivity contribution >= 4 is 0 Å². The van der Waals surface area contributed by atoms with Crippen molar-refractivity contribution in [2.75, 3.05) is 0 Å². The Morgan fingerprint density at radius 1 is 0.474 bits per heavy atom. The van der Waals surface area contributed by atoms with Crippen molar-refractivity contribution in [2.45, 2.75) is 92.0 Å². The first-order chi connectivity index (χ1) is 17.8. The zero-order chi connectivity index (χ0) is 27.7. The van der Waals surface area contributed by atoms with Crippen molar-refractivity contribution in [1.29, 1.82) is 0 Å². The van der Waals surface area contributed by atoms with Crippen LogP contribution in [0.2, 0.25) is 0 Å². The van der Waals surface area contributed by atoms with Crippen LogP contribution in [-0.2, 0) is 64.7 Å². The summed E-state index contributed by atoms with van der Waals surface area (Å²) in [4.78, 5) is 0. The van der Waals surface area contributed by atoms with Crippen LogP contribution in [0.15, 0.2) is 42.5 Å². The molecule has 0 atom stereocenters. The smallest absolute Gasteiger partial charge is 0.126 e. The van der Waals surface area contributed by atoms with Crippen LogP contribution in [0.25, 0.3) is 0 Å². The maximum Gasteiger partial charge on any atom is 0.126 e. The molecule has 6 nitrogen and oxygen atoms in total. The summed E-state index contributed by atoms with van der Waals surface area (Å²) in [5, 5.41) is 33.0. The Kier molecular flexibility index (Phi) is 8.07. The highest BCUT2D eigenvalue weighted by atomic mass is 16.5. The molecule has 204 valence electrons. The van der Waals surface area contributed by atoms with E-state index in [0.29, 0.717) is 33.4 Å². The van der Waals surface area contributed by atoms with E-state index < -0.39 is 0 Å². The molecule has 0 aromatic heterocycles. The Balaban J connectivity index is 1.77. The fourth-order valence-electron chi connectivity index (χ4n) is 4.52. The lowest BCUT2D eigenvalue weighted by Crippen LogP contribution is -2.14. The van der Waals surface area contributed by atoms with Crippen molar-refractivity contribution < 1.29 is 29.5 Å². The average molecular weight is 521 g/mol. The van der Waals surface area contributed by atoms with Gasteiger partial charge in [0, 0.05) is 33.4 Å². The average Bonchev–Trinajstić information content (AvgIpc) is 2.83. The van der Waals surface area contributed by atoms with Gasteiger partial charge in [-0.2, -0.15) is 0 Å². The Morgan fingerprint density at radius 3 is 1.03 bits per heavy atom. The number of para-hydroxylation sites is 1. The van der Waals surface area contributed by atoms with Crippen molar-refractivity contribution in [3.8, 4) is 17.2 Å². The molecule has 0 saturated carbocycles. The first kappa shape index (κ1) is 28.0. The molecule has 0 aliphatic carbocycles. The van der Waals surface area contributed by atoms with Crippen LogP contribution in [0.4, 0.5) is 0 Å². The van der Waals surface area contributed by atoms with Gasteiger partial charge in [0.15, 0.2) is 0 Å². The maximum atomic E-state index is 11.1. The fraction of sp³-hybridized carbons (Fsp3) is 0.438. The number of phenolic OH excluding ortho intramolecular Hbond substituents is 3. The Morgan fingerprint density at radius 2 is 0.737 bits per heavy atom. The van der Waals surface area contributed by atoms with Gasteiger partial charge >= 0.3 is 0 Å². The molecule has 0 unspecified atom stereocenters. The minimum Gasteiger partial charge on any atom is -0.507 e. The third-order valence-electron chi connectivity index (χ3n) is 7.02. The van der Waals surface area contributed by atoms with Crippen LogP contribution in [0.3, 0.4) is 0 Å². The van der Waals surface area contributed by atoms with E-state index in [9.17, 15) is 15.3 Å². The van der Waals surface area contributed by atoms with Gasteiger partial charge in [0.05, 0.1) is 39.6 Å². The second kappa shape index (κ2) is 11.0. The molecule has 4 rings (SSSR count). The van der Waals surface area contributed by atoms with Crippen molar-refractivity contribution in [3.05, 3.63) is 87.0 Å². The summed E-state index contributed by atoms with van der Waals surface area (Å²) in [5.41, 5.74) is 5.77. The molecule has 3 aromatic carbocycles. The van der Waals surface area contributed by atoms with E-state index in [1.54, 1.807) is 0 Å². The molecule has 0 spiro atoms. The molecular weight excluding hydrogens is 480 g/mol. The third-order valence-corrected chi connectivity index (χ3v) is 7.02. The van der Waals surface area contributed by atoms with Gasteiger partial charge in [0.2, 0.25) is 0 Å². The van der Waals surface area contributed by atoms with E-state index >= 15 is 0 Å². The van der Waals surface area contributed by atoms with E-state index in [0.717, 1.165) is 11.1 Å². The molecule has 0 amide bonds. The molecule has 0 radical (unpaired) electrons. The standard InChI is InChI=1S/C32H40O6/c1-31(2,3)26-10-22-16-36-14-20-8-7-9-21(28(20)33)15-37-17-23-11-27(32(4,5)6)13-25(30(23)35)19-38-18-24(12-26)29(22)34/h7-13,33-35H,14-19H2,1-6H3. The van der Waals surface area contributed by atoms with Crippen LogP contribution in [-0.4, -0.2) is 15.3 Å². The van der Waals surface area contributed by atoms with Gasteiger partial charge in [-0.1, -0.05) is 59.7 Å². The topological polar surface area (TPSA) is 88.4 Å². The lowest BCUT2D eigenvalue weighted by Gasteiger charge is -2.24. The molecule has 0 fully saturated rings. The maximum absolute atomic E-state index is 11.1. The number of fused-ring (bicyclic) bond motifs is 6. The summed E-state index contributed by atoms with van der Waals surface area (Å²) in [6.07, 6.45) is 0. The highest BCUT2D eigenvalue weighted by molar-refractivity contribution is 5.47. The van der Waals surface area contributed by atoms with Gasteiger partial charge in [-0.05, 0) is 46.2 Å². The number of phenols is 3. The monoisotopic (exact) mass is 520 g/mol. The predicted molar refractivity (Wildman–Crippen MR) is 147 cm³/mol. The molecule has 1 aliphatic rings. The fourth-order valence-corrected chi connectivity index (χ4v) is 4.52. The van der Waals surface area contributed by atoms with E-state index in [1.807, 2.05) is 42.5 Å². The molecule has 1 aliphatic heterocycles. The van der Waals surface area contributed by atoms with Gasteiger partial charge in [-0.3, -0.25) is 0 Å². The van der Waals surface area contributed by atoms with Crippen LogP contribution in [0.1, 0.15) is 86.1 Å². The van der Waals surface area contributed by atoms with Gasteiger partial charge in [0.25, 0.3) is 0 Å². The molecule has 1 heterocycles. The SMILES string of the molecule is CC(C)(C)c1cc2c(O)c(c1)COCc1cc(C(C)(C)C)cc(c1O)COCc1cccc(c1O)COC2. The number of aromatic hydroxyl groups is 3. The van der Waals surface area contributed by atoms with Gasteiger partial charge < -0.3 is 29.5 Å². The number of benzene rings is 3. The molecule has 0 saturated heterocycles. The first-order valence-electron chi connectivity index (χ1n) is 13.1. The summed E-state index contributed by atoms with van der Waals surface area (Å²) in [7, 11) is 0. The van der Waals surface area contributed by atoms with Crippen molar-refractivity contribution in [3.63, 3.8) is 0 Å². The molecule has 6 heteroatoms. The van der Waals surface area contributed by atoms with E-state index in [2.05, 4.69) is 41.5 Å². The lowest BCUT2D eigenvalue weighted by molar-refractivity contribution is 0.0929. The zero-order valence-electron chi connectivity index (χ0n) is 23.4. The largest absolute Gasteiger partial charge is 0.507 e. The van der Waals surface area contributed by atoms with Gasteiger partial charge in [-0.15, -0.1) is 0 Å². The third kappa shape index (κ3) is 6.32. The van der Waals surface area contributed by atoms with Gasteiger partial charge in [-0.25, -0.2) is 0 Å². The summed E-state index contributed by atoms with van der Waals surface area (Å²) < 4.78 is 18.0. The minimum atomic E-state index is -0.144. The Hall–Kier alpha value is -3.06. The highest BCUT2D eigenvalue weighted by Gasteiger charge is 2.22. The molecule has 6 bridgehead atoms.